The monoisotopic (exact) mass is 350 g/mol. The van der Waals surface area contributed by atoms with Crippen LogP contribution in [-0.4, -0.2) is 64.4 Å². The van der Waals surface area contributed by atoms with E-state index < -0.39 is 11.8 Å². The molecule has 2 aliphatic rings. The molecule has 0 unspecified atom stereocenters. The minimum absolute atomic E-state index is 0.468. The van der Waals surface area contributed by atoms with Crippen LogP contribution in [0.4, 0.5) is 5.69 Å². The third-order valence-corrected chi connectivity index (χ3v) is 4.20. The topological polar surface area (TPSA) is 90.3 Å². The number of ether oxygens (including phenoxy) is 3. The van der Waals surface area contributed by atoms with E-state index in [-0.39, 0.29) is 0 Å². The summed E-state index contributed by atoms with van der Waals surface area (Å²) in [5.41, 5.74) is 0.502. The molecule has 2 amide bonds. The van der Waals surface area contributed by atoms with Gasteiger partial charge >= 0.3 is 11.8 Å². The Morgan fingerprint density at radius 1 is 1.00 bits per heavy atom. The van der Waals surface area contributed by atoms with E-state index in [0.29, 0.717) is 36.9 Å². The lowest BCUT2D eigenvalue weighted by atomic mass is 10.2. The van der Waals surface area contributed by atoms with Crippen LogP contribution in [-0.2, 0) is 14.3 Å². The highest BCUT2D eigenvalue weighted by Gasteiger charge is 2.17. The highest BCUT2D eigenvalue weighted by molar-refractivity contribution is 6.39. The molecule has 1 fully saturated rings. The maximum absolute atomic E-state index is 12.0. The van der Waals surface area contributed by atoms with Gasteiger partial charge in [0.25, 0.3) is 0 Å². The van der Waals surface area contributed by atoms with Gasteiger partial charge < -0.3 is 29.7 Å². The molecule has 2 heterocycles. The van der Waals surface area contributed by atoms with Gasteiger partial charge in [-0.3, -0.25) is 9.59 Å². The molecule has 1 aromatic rings. The van der Waals surface area contributed by atoms with Crippen LogP contribution in [0.2, 0.25) is 0 Å². The molecular weight excluding hydrogens is 326 g/mol. The number of carbonyl (C=O) groups excluding carboxylic acids is 2. The van der Waals surface area contributed by atoms with Crippen molar-refractivity contribution in [1.82, 2.24) is 5.32 Å². The Kier molecular flexibility index (Phi) is 6.08. The van der Waals surface area contributed by atoms with Gasteiger partial charge in [-0.2, -0.15) is 0 Å². The Morgan fingerprint density at radius 3 is 2.56 bits per heavy atom. The minimum atomic E-state index is -0.685. The zero-order valence-corrected chi connectivity index (χ0v) is 14.1. The molecular formula is C17H24N3O5+. The van der Waals surface area contributed by atoms with Gasteiger partial charge in [0.15, 0.2) is 11.5 Å². The summed E-state index contributed by atoms with van der Waals surface area (Å²) in [6, 6.07) is 5.05. The van der Waals surface area contributed by atoms with E-state index in [4.69, 9.17) is 14.2 Å². The molecule has 25 heavy (non-hydrogen) atoms. The summed E-state index contributed by atoms with van der Waals surface area (Å²) in [6.07, 6.45) is 0.832. The summed E-state index contributed by atoms with van der Waals surface area (Å²) in [7, 11) is 0. The van der Waals surface area contributed by atoms with Crippen molar-refractivity contribution in [1.29, 1.82) is 0 Å². The average Bonchev–Trinajstić information content (AvgIpc) is 2.65. The van der Waals surface area contributed by atoms with E-state index in [1.165, 1.54) is 4.90 Å². The van der Waals surface area contributed by atoms with Crippen LogP contribution >= 0.6 is 0 Å². The van der Waals surface area contributed by atoms with Crippen LogP contribution in [0.5, 0.6) is 11.5 Å². The highest BCUT2D eigenvalue weighted by Crippen LogP contribution is 2.32. The largest absolute Gasteiger partial charge is 0.486 e. The highest BCUT2D eigenvalue weighted by atomic mass is 16.6. The van der Waals surface area contributed by atoms with Gasteiger partial charge in [-0.05, 0) is 12.1 Å². The SMILES string of the molecule is O=C(NCCC[NH+]1CCOCC1)C(=O)Nc1ccc2c(c1)OCCO2. The normalized spacial score (nSPS) is 17.0. The van der Waals surface area contributed by atoms with Gasteiger partial charge in [-0.25, -0.2) is 0 Å². The second-order valence-electron chi connectivity index (χ2n) is 6.03. The number of fused-ring (bicyclic) bond motifs is 1. The van der Waals surface area contributed by atoms with E-state index >= 15 is 0 Å². The van der Waals surface area contributed by atoms with Gasteiger partial charge in [-0.15, -0.1) is 0 Å². The molecule has 0 radical (unpaired) electrons. The Hall–Kier alpha value is -2.32. The molecule has 3 N–H and O–H groups in total. The number of nitrogens with one attached hydrogen (secondary N) is 3. The first kappa shape index (κ1) is 17.5. The lowest BCUT2D eigenvalue weighted by Crippen LogP contribution is -3.14. The fraction of sp³-hybridized carbons (Fsp3) is 0.529. The van der Waals surface area contributed by atoms with Crippen molar-refractivity contribution in [2.24, 2.45) is 0 Å². The molecule has 8 heteroatoms. The fourth-order valence-electron chi connectivity index (χ4n) is 2.84. The summed E-state index contributed by atoms with van der Waals surface area (Å²) >= 11 is 0. The molecule has 8 nitrogen and oxygen atoms in total. The Labute approximate surface area is 146 Å². The molecule has 2 aliphatic heterocycles. The van der Waals surface area contributed by atoms with Crippen molar-refractivity contribution in [2.45, 2.75) is 6.42 Å². The standard InChI is InChI=1S/C17H23N3O5/c21-16(18-4-1-5-20-6-8-23-9-7-20)17(22)19-13-2-3-14-15(12-13)25-11-10-24-14/h2-3,12H,1,4-11H2,(H,18,21)(H,19,22)/p+1. The maximum Gasteiger partial charge on any atom is 0.313 e. The Morgan fingerprint density at radius 2 is 1.76 bits per heavy atom. The van der Waals surface area contributed by atoms with Gasteiger partial charge in [-0.1, -0.05) is 0 Å². The first-order valence-corrected chi connectivity index (χ1v) is 8.62. The number of morpholine rings is 1. The van der Waals surface area contributed by atoms with Crippen molar-refractivity contribution in [3.8, 4) is 11.5 Å². The zero-order chi connectivity index (χ0) is 17.5. The summed E-state index contributed by atoms with van der Waals surface area (Å²) in [4.78, 5) is 25.3. The van der Waals surface area contributed by atoms with E-state index in [1.54, 1.807) is 18.2 Å². The maximum atomic E-state index is 12.0. The number of amides is 2. The molecule has 0 saturated carbocycles. The van der Waals surface area contributed by atoms with E-state index in [1.807, 2.05) is 0 Å². The number of hydrogen-bond donors (Lipinski definition) is 3. The van der Waals surface area contributed by atoms with Crippen LogP contribution in [0.3, 0.4) is 0 Å². The van der Waals surface area contributed by atoms with Crippen molar-refractivity contribution in [2.75, 3.05) is 57.9 Å². The second kappa shape index (κ2) is 8.68. The molecule has 0 aliphatic carbocycles. The predicted molar refractivity (Wildman–Crippen MR) is 90.1 cm³/mol. The van der Waals surface area contributed by atoms with E-state index in [9.17, 15) is 9.59 Å². The first-order chi connectivity index (χ1) is 12.2. The number of carbonyl (C=O) groups is 2. The molecule has 3 rings (SSSR count). The quantitative estimate of drug-likeness (QED) is 0.459. The van der Waals surface area contributed by atoms with Gasteiger partial charge in [0.2, 0.25) is 0 Å². The number of rotatable bonds is 5. The summed E-state index contributed by atoms with van der Waals surface area (Å²) in [6.45, 7) is 6.00. The predicted octanol–water partition coefficient (Wildman–Crippen LogP) is -1.18. The van der Waals surface area contributed by atoms with Crippen molar-refractivity contribution in [3.05, 3.63) is 18.2 Å². The second-order valence-corrected chi connectivity index (χ2v) is 6.03. The zero-order valence-electron chi connectivity index (χ0n) is 14.1. The number of hydrogen-bond acceptors (Lipinski definition) is 5. The van der Waals surface area contributed by atoms with E-state index in [2.05, 4.69) is 10.6 Å². The lowest BCUT2D eigenvalue weighted by molar-refractivity contribution is -0.908. The van der Waals surface area contributed by atoms with E-state index in [0.717, 1.165) is 39.3 Å². The number of anilines is 1. The van der Waals surface area contributed by atoms with Crippen LogP contribution < -0.4 is 25.0 Å². The summed E-state index contributed by atoms with van der Waals surface area (Å²) in [5.74, 6) is -0.112. The molecule has 0 atom stereocenters. The van der Waals surface area contributed by atoms with Crippen LogP contribution in [0.1, 0.15) is 6.42 Å². The van der Waals surface area contributed by atoms with Gasteiger partial charge in [0.1, 0.15) is 26.3 Å². The molecule has 0 bridgehead atoms. The molecule has 136 valence electrons. The molecule has 1 saturated heterocycles. The molecule has 0 spiro atoms. The number of benzene rings is 1. The van der Waals surface area contributed by atoms with Crippen LogP contribution in [0.25, 0.3) is 0 Å². The third-order valence-electron chi connectivity index (χ3n) is 4.20. The Balaban J connectivity index is 1.39. The van der Waals surface area contributed by atoms with Gasteiger partial charge in [0.05, 0.1) is 19.8 Å². The van der Waals surface area contributed by atoms with Crippen LogP contribution in [0, 0.1) is 0 Å². The Bertz CT molecular complexity index is 616. The van der Waals surface area contributed by atoms with Crippen molar-refractivity contribution < 1.29 is 28.7 Å². The summed E-state index contributed by atoms with van der Waals surface area (Å²) < 4.78 is 16.2. The average molecular weight is 350 g/mol. The molecule has 1 aromatic carbocycles. The minimum Gasteiger partial charge on any atom is -0.486 e. The van der Waals surface area contributed by atoms with Crippen LogP contribution in [0.15, 0.2) is 18.2 Å². The lowest BCUT2D eigenvalue weighted by Gasteiger charge is -2.23. The summed E-state index contributed by atoms with van der Waals surface area (Å²) in [5, 5.41) is 5.23. The van der Waals surface area contributed by atoms with Crippen molar-refractivity contribution >= 4 is 17.5 Å². The smallest absolute Gasteiger partial charge is 0.313 e. The number of quaternary nitrogens is 1. The third kappa shape index (κ3) is 5.07. The first-order valence-electron chi connectivity index (χ1n) is 8.62. The van der Waals surface area contributed by atoms with Crippen molar-refractivity contribution in [3.63, 3.8) is 0 Å². The van der Waals surface area contributed by atoms with Gasteiger partial charge in [0, 0.05) is 24.7 Å². The molecule has 0 aromatic heterocycles. The fourth-order valence-corrected chi connectivity index (χ4v) is 2.84.